The number of hydrogen-bond acceptors (Lipinski definition) is 3. The average Bonchev–Trinajstić information content (AvgIpc) is 2.37. The van der Waals surface area contributed by atoms with E-state index in [9.17, 15) is 0 Å². The molecule has 0 bridgehead atoms. The van der Waals surface area contributed by atoms with Crippen molar-refractivity contribution in [2.75, 3.05) is 12.4 Å². The molecule has 1 heterocycles. The van der Waals surface area contributed by atoms with Crippen LogP contribution < -0.4 is 5.32 Å². The first-order chi connectivity index (χ1) is 9.12. The van der Waals surface area contributed by atoms with Crippen molar-refractivity contribution >= 4 is 29.0 Å². The van der Waals surface area contributed by atoms with Crippen LogP contribution in [0.1, 0.15) is 19.2 Å². The van der Waals surface area contributed by atoms with Gasteiger partial charge < -0.3 is 5.32 Å². The molecule has 2 rings (SSSR count). The van der Waals surface area contributed by atoms with E-state index < -0.39 is 0 Å². The molecule has 0 atom stereocenters. The van der Waals surface area contributed by atoms with Crippen LogP contribution in [0.4, 0.5) is 5.82 Å². The molecule has 0 saturated heterocycles. The Morgan fingerprint density at radius 3 is 2.32 bits per heavy atom. The molecule has 2 aromatic rings. The molecule has 0 saturated carbocycles. The predicted molar refractivity (Wildman–Crippen MR) is 81.0 cm³/mol. The van der Waals surface area contributed by atoms with Gasteiger partial charge in [0.05, 0.1) is 5.69 Å². The highest BCUT2D eigenvalue weighted by Gasteiger charge is 2.07. The summed E-state index contributed by atoms with van der Waals surface area (Å²) < 4.78 is 0. The molecular weight excluding hydrogens is 281 g/mol. The number of rotatable bonds is 4. The van der Waals surface area contributed by atoms with Gasteiger partial charge in [0.15, 0.2) is 0 Å². The van der Waals surface area contributed by atoms with Crippen LogP contribution in [0.5, 0.6) is 0 Å². The molecule has 0 aliphatic rings. The van der Waals surface area contributed by atoms with E-state index in [1.165, 1.54) is 0 Å². The van der Waals surface area contributed by atoms with E-state index in [1.807, 2.05) is 25.2 Å². The Morgan fingerprint density at radius 2 is 1.74 bits per heavy atom. The van der Waals surface area contributed by atoms with Crippen LogP contribution in [0.2, 0.25) is 10.0 Å². The molecule has 1 aromatic heterocycles. The van der Waals surface area contributed by atoms with E-state index >= 15 is 0 Å². The highest BCUT2D eigenvalue weighted by molar-refractivity contribution is 6.35. The first-order valence-electron chi connectivity index (χ1n) is 6.14. The van der Waals surface area contributed by atoms with Gasteiger partial charge >= 0.3 is 0 Å². The molecule has 0 spiro atoms. The van der Waals surface area contributed by atoms with Gasteiger partial charge in [-0.15, -0.1) is 0 Å². The van der Waals surface area contributed by atoms with Crippen molar-refractivity contribution in [1.82, 2.24) is 9.97 Å². The molecule has 1 N–H and O–H groups in total. The van der Waals surface area contributed by atoms with E-state index in [0.29, 0.717) is 10.0 Å². The van der Waals surface area contributed by atoms with E-state index in [0.717, 1.165) is 35.7 Å². The van der Waals surface area contributed by atoms with E-state index in [2.05, 4.69) is 22.2 Å². The number of anilines is 1. The maximum absolute atomic E-state index is 6.03. The van der Waals surface area contributed by atoms with E-state index in [-0.39, 0.29) is 0 Å². The molecular formula is C14H15Cl2N3. The number of halogens is 2. The van der Waals surface area contributed by atoms with Crippen molar-refractivity contribution in [2.24, 2.45) is 0 Å². The van der Waals surface area contributed by atoms with Crippen molar-refractivity contribution in [3.05, 3.63) is 40.1 Å². The van der Waals surface area contributed by atoms with E-state index in [1.54, 1.807) is 6.07 Å². The van der Waals surface area contributed by atoms with Gasteiger partial charge in [0, 0.05) is 35.1 Å². The van der Waals surface area contributed by atoms with Crippen molar-refractivity contribution in [3.63, 3.8) is 0 Å². The first kappa shape index (κ1) is 14.1. The second-order valence-corrected chi connectivity index (χ2v) is 5.09. The molecule has 0 radical (unpaired) electrons. The van der Waals surface area contributed by atoms with Crippen LogP contribution in [0.3, 0.4) is 0 Å². The van der Waals surface area contributed by atoms with Gasteiger partial charge in [0.1, 0.15) is 11.6 Å². The molecule has 0 aliphatic carbocycles. The third-order valence-electron chi connectivity index (χ3n) is 2.66. The van der Waals surface area contributed by atoms with Gasteiger partial charge in [-0.05, 0) is 24.6 Å². The normalized spacial score (nSPS) is 10.5. The standard InChI is InChI=1S/C14H15Cl2N3/c1-3-4-13-18-12(8-14(17-2)19-13)9-5-10(15)7-11(16)6-9/h5-8H,3-4H2,1-2H3,(H,17,18,19). The summed E-state index contributed by atoms with van der Waals surface area (Å²) in [4.78, 5) is 8.98. The Morgan fingerprint density at radius 1 is 1.05 bits per heavy atom. The summed E-state index contributed by atoms with van der Waals surface area (Å²) in [6, 6.07) is 7.30. The number of aromatic nitrogens is 2. The minimum Gasteiger partial charge on any atom is -0.373 e. The number of aryl methyl sites for hydroxylation is 1. The third-order valence-corrected chi connectivity index (χ3v) is 3.10. The summed E-state index contributed by atoms with van der Waals surface area (Å²) >= 11 is 12.1. The highest BCUT2D eigenvalue weighted by Crippen LogP contribution is 2.27. The fourth-order valence-corrected chi connectivity index (χ4v) is 2.34. The average molecular weight is 296 g/mol. The van der Waals surface area contributed by atoms with Crippen molar-refractivity contribution in [1.29, 1.82) is 0 Å². The van der Waals surface area contributed by atoms with Crippen LogP contribution in [0, 0.1) is 0 Å². The van der Waals surface area contributed by atoms with Gasteiger partial charge in [-0.25, -0.2) is 9.97 Å². The minimum absolute atomic E-state index is 0.601. The van der Waals surface area contributed by atoms with Gasteiger partial charge in [-0.1, -0.05) is 30.1 Å². The monoisotopic (exact) mass is 295 g/mol. The van der Waals surface area contributed by atoms with E-state index in [4.69, 9.17) is 23.2 Å². The maximum Gasteiger partial charge on any atom is 0.131 e. The van der Waals surface area contributed by atoms with Gasteiger partial charge in [0.2, 0.25) is 0 Å². The molecule has 0 aliphatic heterocycles. The Kier molecular flexibility index (Phi) is 4.61. The highest BCUT2D eigenvalue weighted by atomic mass is 35.5. The van der Waals surface area contributed by atoms with Crippen LogP contribution in [0.25, 0.3) is 11.3 Å². The Hall–Kier alpha value is -1.32. The number of hydrogen-bond donors (Lipinski definition) is 1. The first-order valence-corrected chi connectivity index (χ1v) is 6.90. The fourth-order valence-electron chi connectivity index (χ4n) is 1.81. The fraction of sp³-hybridized carbons (Fsp3) is 0.286. The summed E-state index contributed by atoms with van der Waals surface area (Å²) in [5, 5.41) is 4.25. The summed E-state index contributed by atoms with van der Waals surface area (Å²) in [5.41, 5.74) is 1.72. The summed E-state index contributed by atoms with van der Waals surface area (Å²) in [5.74, 6) is 1.62. The van der Waals surface area contributed by atoms with Gasteiger partial charge in [-0.3, -0.25) is 0 Å². The summed E-state index contributed by atoms with van der Waals surface area (Å²) in [6.07, 6.45) is 1.85. The van der Waals surface area contributed by atoms with Gasteiger partial charge in [-0.2, -0.15) is 0 Å². The zero-order valence-electron chi connectivity index (χ0n) is 10.9. The topological polar surface area (TPSA) is 37.8 Å². The predicted octanol–water partition coefficient (Wildman–Crippen LogP) is 4.44. The summed E-state index contributed by atoms with van der Waals surface area (Å²) in [6.45, 7) is 2.10. The van der Waals surface area contributed by atoms with Crippen LogP contribution in [-0.4, -0.2) is 17.0 Å². The van der Waals surface area contributed by atoms with Crippen LogP contribution in [0.15, 0.2) is 24.3 Å². The number of nitrogens with one attached hydrogen (secondary N) is 1. The Balaban J connectivity index is 2.50. The maximum atomic E-state index is 6.03. The second-order valence-electron chi connectivity index (χ2n) is 4.21. The molecule has 0 fully saturated rings. The Labute approximate surface area is 123 Å². The minimum atomic E-state index is 0.601. The SMILES string of the molecule is CCCc1nc(NC)cc(-c2cc(Cl)cc(Cl)c2)n1. The lowest BCUT2D eigenvalue weighted by Gasteiger charge is -2.08. The lowest BCUT2D eigenvalue weighted by atomic mass is 10.1. The Bertz CT molecular complexity index is 565. The quantitative estimate of drug-likeness (QED) is 0.906. The molecule has 3 nitrogen and oxygen atoms in total. The largest absolute Gasteiger partial charge is 0.373 e. The van der Waals surface area contributed by atoms with Crippen molar-refractivity contribution < 1.29 is 0 Å². The lowest BCUT2D eigenvalue weighted by Crippen LogP contribution is -2.01. The van der Waals surface area contributed by atoms with Crippen LogP contribution in [-0.2, 0) is 6.42 Å². The molecule has 100 valence electrons. The van der Waals surface area contributed by atoms with Crippen molar-refractivity contribution in [3.8, 4) is 11.3 Å². The van der Waals surface area contributed by atoms with Crippen molar-refractivity contribution in [2.45, 2.75) is 19.8 Å². The zero-order chi connectivity index (χ0) is 13.8. The smallest absolute Gasteiger partial charge is 0.131 e. The molecule has 5 heteroatoms. The number of benzene rings is 1. The lowest BCUT2D eigenvalue weighted by molar-refractivity contribution is 0.838. The summed E-state index contributed by atoms with van der Waals surface area (Å²) in [7, 11) is 1.84. The molecule has 1 aromatic carbocycles. The second kappa shape index (κ2) is 6.22. The molecule has 0 amide bonds. The molecule has 0 unspecified atom stereocenters. The zero-order valence-corrected chi connectivity index (χ0v) is 12.4. The van der Waals surface area contributed by atoms with Crippen LogP contribution >= 0.6 is 23.2 Å². The number of nitrogens with zero attached hydrogens (tertiary/aromatic N) is 2. The van der Waals surface area contributed by atoms with Gasteiger partial charge in [0.25, 0.3) is 0 Å². The molecule has 19 heavy (non-hydrogen) atoms. The third kappa shape index (κ3) is 3.58.